The van der Waals surface area contributed by atoms with Crippen LogP contribution in [0.25, 0.3) is 0 Å². The maximum absolute atomic E-state index is 5.41. The van der Waals surface area contributed by atoms with E-state index in [0.29, 0.717) is 17.6 Å². The van der Waals surface area contributed by atoms with Crippen LogP contribution in [0.1, 0.15) is 31.4 Å². The summed E-state index contributed by atoms with van der Waals surface area (Å²) in [4.78, 5) is 0. The van der Waals surface area contributed by atoms with Gasteiger partial charge in [0.05, 0.1) is 0 Å². The molecule has 1 saturated carbocycles. The number of fused-ring (bicyclic) bond motifs is 1. The molecule has 0 spiro atoms. The molecule has 0 amide bonds. The molecule has 0 aromatic heterocycles. The van der Waals surface area contributed by atoms with Gasteiger partial charge in [0, 0.05) is 17.3 Å². The zero-order valence-corrected chi connectivity index (χ0v) is 11.7. The molecule has 1 aliphatic carbocycles. The van der Waals surface area contributed by atoms with Gasteiger partial charge < -0.3 is 14.8 Å². The van der Waals surface area contributed by atoms with E-state index in [2.05, 4.69) is 30.6 Å². The Morgan fingerprint density at radius 2 is 2.11 bits per heavy atom. The summed E-state index contributed by atoms with van der Waals surface area (Å²) in [6.45, 7) is 3.63. The van der Waals surface area contributed by atoms with Gasteiger partial charge in [-0.1, -0.05) is 6.07 Å². The lowest BCUT2D eigenvalue weighted by Gasteiger charge is -2.19. The second kappa shape index (κ2) is 4.67. The van der Waals surface area contributed by atoms with Crippen molar-refractivity contribution in [2.24, 2.45) is 0 Å². The van der Waals surface area contributed by atoms with E-state index in [0.717, 1.165) is 18.0 Å². The lowest BCUT2D eigenvalue weighted by molar-refractivity contribution is 0.174. The van der Waals surface area contributed by atoms with Crippen LogP contribution in [-0.4, -0.2) is 24.3 Å². The Balaban J connectivity index is 1.63. The van der Waals surface area contributed by atoms with E-state index in [1.165, 1.54) is 18.4 Å². The molecule has 3 nitrogen and oxygen atoms in total. The highest BCUT2D eigenvalue weighted by molar-refractivity contribution is 8.00. The number of nitrogens with one attached hydrogen (secondary N) is 1. The Labute approximate surface area is 112 Å². The molecule has 1 heterocycles. The van der Waals surface area contributed by atoms with Crippen molar-refractivity contribution in [3.05, 3.63) is 23.8 Å². The summed E-state index contributed by atoms with van der Waals surface area (Å²) >= 11 is 1.99. The minimum absolute atomic E-state index is 0.343. The number of hydrogen-bond acceptors (Lipinski definition) is 4. The molecular weight excluding hydrogens is 246 g/mol. The van der Waals surface area contributed by atoms with Crippen molar-refractivity contribution in [2.45, 2.75) is 30.6 Å². The molecule has 1 unspecified atom stereocenters. The van der Waals surface area contributed by atoms with E-state index in [-0.39, 0.29) is 0 Å². The van der Waals surface area contributed by atoms with Crippen molar-refractivity contribution in [2.75, 3.05) is 19.6 Å². The van der Waals surface area contributed by atoms with Gasteiger partial charge in [-0.3, -0.25) is 0 Å². The van der Waals surface area contributed by atoms with Crippen LogP contribution in [-0.2, 0) is 0 Å². The predicted octanol–water partition coefficient (Wildman–Crippen LogP) is 2.96. The molecular formula is C14H19NO2S. The summed E-state index contributed by atoms with van der Waals surface area (Å²) in [5, 5.41) is 3.63. The van der Waals surface area contributed by atoms with Gasteiger partial charge in [-0.15, -0.1) is 0 Å². The summed E-state index contributed by atoms with van der Waals surface area (Å²) in [5.41, 5.74) is 1.26. The molecule has 0 radical (unpaired) electrons. The van der Waals surface area contributed by atoms with Crippen LogP contribution in [0.15, 0.2) is 18.2 Å². The third-order valence-electron chi connectivity index (χ3n) is 3.87. The first-order chi connectivity index (χ1) is 8.72. The van der Waals surface area contributed by atoms with Crippen LogP contribution in [0, 0.1) is 0 Å². The van der Waals surface area contributed by atoms with Crippen LogP contribution >= 0.6 is 11.8 Å². The highest BCUT2D eigenvalue weighted by Gasteiger charge is 2.41. The monoisotopic (exact) mass is 265 g/mol. The van der Waals surface area contributed by atoms with E-state index in [1.807, 2.05) is 17.8 Å². The topological polar surface area (TPSA) is 30.5 Å². The van der Waals surface area contributed by atoms with Crippen molar-refractivity contribution in [3.8, 4) is 11.5 Å². The Hall–Kier alpha value is -0.870. The normalized spacial score (nSPS) is 20.8. The van der Waals surface area contributed by atoms with Crippen molar-refractivity contribution < 1.29 is 9.47 Å². The lowest BCUT2D eigenvalue weighted by atomic mass is 10.1. The van der Waals surface area contributed by atoms with Gasteiger partial charge in [0.2, 0.25) is 6.79 Å². The van der Waals surface area contributed by atoms with E-state index in [4.69, 9.17) is 9.47 Å². The van der Waals surface area contributed by atoms with Crippen molar-refractivity contribution in [1.29, 1.82) is 0 Å². The summed E-state index contributed by atoms with van der Waals surface area (Å²) in [6, 6.07) is 6.55. The van der Waals surface area contributed by atoms with Crippen LogP contribution < -0.4 is 14.8 Å². The number of ether oxygens (including phenoxy) is 2. The number of rotatable bonds is 5. The van der Waals surface area contributed by atoms with E-state index < -0.39 is 0 Å². The first-order valence-electron chi connectivity index (χ1n) is 6.40. The molecule has 1 aliphatic heterocycles. The van der Waals surface area contributed by atoms with Gasteiger partial charge in [-0.25, -0.2) is 0 Å². The molecule has 1 fully saturated rings. The number of benzene rings is 1. The minimum atomic E-state index is 0.343. The Morgan fingerprint density at radius 1 is 1.33 bits per heavy atom. The van der Waals surface area contributed by atoms with E-state index in [1.54, 1.807) is 0 Å². The van der Waals surface area contributed by atoms with Gasteiger partial charge in [-0.2, -0.15) is 11.8 Å². The lowest BCUT2D eigenvalue weighted by Crippen LogP contribution is -2.28. The Bertz CT molecular complexity index is 445. The molecule has 1 aromatic rings. The first-order valence-corrected chi connectivity index (χ1v) is 7.63. The zero-order chi connectivity index (χ0) is 12.6. The Kier molecular flexibility index (Phi) is 3.16. The van der Waals surface area contributed by atoms with Crippen LogP contribution in [0.2, 0.25) is 0 Å². The van der Waals surface area contributed by atoms with Crippen LogP contribution in [0.4, 0.5) is 0 Å². The fraction of sp³-hybridized carbons (Fsp3) is 0.571. The van der Waals surface area contributed by atoms with E-state index in [9.17, 15) is 0 Å². The second-order valence-electron chi connectivity index (χ2n) is 5.10. The SMILES string of the molecule is CSC1(CNC(C)c2ccc3c(c2)OCO3)CC1. The molecule has 3 rings (SSSR count). The standard InChI is InChI=1S/C14H19NO2S/c1-10(15-8-14(18-2)5-6-14)11-3-4-12-13(7-11)17-9-16-12/h3-4,7,10,15H,5-6,8-9H2,1-2H3. The third kappa shape index (κ3) is 2.31. The second-order valence-corrected chi connectivity index (χ2v) is 6.38. The summed E-state index contributed by atoms with van der Waals surface area (Å²) < 4.78 is 11.2. The maximum Gasteiger partial charge on any atom is 0.231 e. The minimum Gasteiger partial charge on any atom is -0.454 e. The highest BCUT2D eigenvalue weighted by atomic mass is 32.2. The molecule has 0 saturated heterocycles. The van der Waals surface area contributed by atoms with Gasteiger partial charge in [0.1, 0.15) is 0 Å². The van der Waals surface area contributed by atoms with Crippen LogP contribution in [0.3, 0.4) is 0 Å². The van der Waals surface area contributed by atoms with Gasteiger partial charge in [0.25, 0.3) is 0 Å². The maximum atomic E-state index is 5.41. The quantitative estimate of drug-likeness (QED) is 0.886. The number of thioether (sulfide) groups is 1. The summed E-state index contributed by atoms with van der Waals surface area (Å²) in [6.07, 6.45) is 4.89. The van der Waals surface area contributed by atoms with Crippen LogP contribution in [0.5, 0.6) is 11.5 Å². The summed E-state index contributed by atoms with van der Waals surface area (Å²) in [5.74, 6) is 1.72. The third-order valence-corrected chi connectivity index (χ3v) is 5.29. The molecule has 4 heteroatoms. The fourth-order valence-corrected chi connectivity index (χ4v) is 2.97. The van der Waals surface area contributed by atoms with Gasteiger partial charge >= 0.3 is 0 Å². The predicted molar refractivity (Wildman–Crippen MR) is 74.5 cm³/mol. The van der Waals surface area contributed by atoms with E-state index >= 15 is 0 Å². The molecule has 1 atom stereocenters. The van der Waals surface area contributed by atoms with Crippen molar-refractivity contribution in [3.63, 3.8) is 0 Å². The van der Waals surface area contributed by atoms with Crippen molar-refractivity contribution in [1.82, 2.24) is 5.32 Å². The number of hydrogen-bond donors (Lipinski definition) is 1. The molecule has 18 heavy (non-hydrogen) atoms. The first kappa shape index (κ1) is 12.2. The molecule has 2 aliphatic rings. The molecule has 0 bridgehead atoms. The zero-order valence-electron chi connectivity index (χ0n) is 10.9. The highest BCUT2D eigenvalue weighted by Crippen LogP contribution is 2.46. The van der Waals surface area contributed by atoms with Gasteiger partial charge in [0.15, 0.2) is 11.5 Å². The largest absolute Gasteiger partial charge is 0.454 e. The fourth-order valence-electron chi connectivity index (χ4n) is 2.23. The molecule has 98 valence electrons. The van der Waals surface area contributed by atoms with Crippen molar-refractivity contribution >= 4 is 11.8 Å². The molecule has 1 N–H and O–H groups in total. The molecule has 1 aromatic carbocycles. The summed E-state index contributed by atoms with van der Waals surface area (Å²) in [7, 11) is 0. The average Bonchev–Trinajstić information content (AvgIpc) is 3.04. The average molecular weight is 265 g/mol. The van der Waals surface area contributed by atoms with Gasteiger partial charge in [-0.05, 0) is 43.7 Å². The Morgan fingerprint density at radius 3 is 2.83 bits per heavy atom. The smallest absolute Gasteiger partial charge is 0.231 e.